The van der Waals surface area contributed by atoms with Gasteiger partial charge in [-0.1, -0.05) is 39.2 Å². The van der Waals surface area contributed by atoms with Crippen LogP contribution >= 0.6 is 0 Å². The topological polar surface area (TPSA) is 110 Å². The van der Waals surface area contributed by atoms with Crippen LogP contribution in [0.1, 0.15) is 69.3 Å². The van der Waals surface area contributed by atoms with Gasteiger partial charge in [0, 0.05) is 25.8 Å². The van der Waals surface area contributed by atoms with E-state index in [0.29, 0.717) is 0 Å². The van der Waals surface area contributed by atoms with Crippen molar-refractivity contribution < 1.29 is 20.1 Å². The zero-order valence-electron chi connectivity index (χ0n) is 19.5. The van der Waals surface area contributed by atoms with Gasteiger partial charge in [0.05, 0.1) is 11.3 Å². The normalized spacial score (nSPS) is 15.2. The van der Waals surface area contributed by atoms with E-state index in [1.807, 2.05) is 20.8 Å². The minimum Gasteiger partial charge on any atom is -0.505 e. The van der Waals surface area contributed by atoms with E-state index in [1.54, 1.807) is 30.8 Å². The van der Waals surface area contributed by atoms with Crippen LogP contribution in [0.5, 0.6) is 17.5 Å². The summed E-state index contributed by atoms with van der Waals surface area (Å²) >= 11 is 0. The molecule has 8 nitrogen and oxygen atoms in total. The fourth-order valence-corrected chi connectivity index (χ4v) is 3.96. The molecule has 1 aromatic carbocycles. The Morgan fingerprint density at radius 1 is 1.12 bits per heavy atom. The van der Waals surface area contributed by atoms with Gasteiger partial charge in [0.25, 0.3) is 5.91 Å². The highest BCUT2D eigenvalue weighted by atomic mass is 16.3. The van der Waals surface area contributed by atoms with Crippen molar-refractivity contribution in [3.63, 3.8) is 0 Å². The monoisotopic (exact) mass is 442 g/mol. The molecule has 4 N–H and O–H groups in total. The van der Waals surface area contributed by atoms with Crippen molar-refractivity contribution in [2.75, 3.05) is 19.4 Å². The molecule has 2 aromatic rings. The van der Waals surface area contributed by atoms with Crippen LogP contribution in [0.3, 0.4) is 0 Å². The van der Waals surface area contributed by atoms with E-state index in [0.717, 1.165) is 37.8 Å². The number of aliphatic imine (C=N–C) groups is 1. The molecule has 1 saturated carbocycles. The molecule has 1 aliphatic rings. The number of carbonyl (C=O) groups is 1. The molecule has 0 unspecified atom stereocenters. The van der Waals surface area contributed by atoms with Gasteiger partial charge in [-0.15, -0.1) is 0 Å². The standard InChI is InChI=1S/C24H34N4O4/c1-14(2)15(3)25-19-20(24(32)28(23(19)31)16-10-7-6-8-11-16)26-18-13-9-12-17(21(18)29)22(30)27(4)5/h9,12-14,16,26,29,31-32H,6-8,10-11H2,1-5H3. The molecule has 174 valence electrons. The van der Waals surface area contributed by atoms with Crippen molar-refractivity contribution in [1.82, 2.24) is 9.47 Å². The lowest BCUT2D eigenvalue weighted by molar-refractivity contribution is 0.0824. The quantitative estimate of drug-likeness (QED) is 0.358. The summed E-state index contributed by atoms with van der Waals surface area (Å²) in [4.78, 5) is 18.4. The molecule has 1 heterocycles. The third-order valence-corrected chi connectivity index (χ3v) is 6.12. The Morgan fingerprint density at radius 3 is 2.38 bits per heavy atom. The van der Waals surface area contributed by atoms with Gasteiger partial charge in [0.2, 0.25) is 11.8 Å². The van der Waals surface area contributed by atoms with Crippen LogP contribution in [-0.2, 0) is 0 Å². The second-order valence-corrected chi connectivity index (χ2v) is 8.97. The number of para-hydroxylation sites is 1. The smallest absolute Gasteiger partial charge is 0.257 e. The number of hydrogen-bond acceptors (Lipinski definition) is 6. The van der Waals surface area contributed by atoms with E-state index in [1.165, 1.54) is 11.0 Å². The van der Waals surface area contributed by atoms with E-state index >= 15 is 0 Å². The molecule has 0 atom stereocenters. The summed E-state index contributed by atoms with van der Waals surface area (Å²) < 4.78 is 1.54. The molecule has 0 aliphatic heterocycles. The van der Waals surface area contributed by atoms with E-state index in [9.17, 15) is 20.1 Å². The summed E-state index contributed by atoms with van der Waals surface area (Å²) in [6.45, 7) is 5.88. The summed E-state index contributed by atoms with van der Waals surface area (Å²) in [5.41, 5.74) is 1.61. The van der Waals surface area contributed by atoms with Crippen LogP contribution in [0.25, 0.3) is 0 Å². The van der Waals surface area contributed by atoms with E-state index in [2.05, 4.69) is 10.3 Å². The molecule has 0 bridgehead atoms. The molecular formula is C24H34N4O4. The van der Waals surface area contributed by atoms with Gasteiger partial charge in [-0.2, -0.15) is 0 Å². The van der Waals surface area contributed by atoms with Gasteiger partial charge in [-0.3, -0.25) is 9.36 Å². The third-order valence-electron chi connectivity index (χ3n) is 6.12. The molecule has 8 heteroatoms. The number of phenols is 1. The second kappa shape index (κ2) is 9.54. The molecule has 1 amide bonds. The molecule has 0 radical (unpaired) electrons. The SMILES string of the molecule is CC(=Nc1c(Nc2cccc(C(=O)N(C)C)c2O)c(O)n(C2CCCCC2)c1O)C(C)C. The Kier molecular flexibility index (Phi) is 7.01. The molecular weight excluding hydrogens is 408 g/mol. The molecule has 0 saturated heterocycles. The number of amides is 1. The van der Waals surface area contributed by atoms with E-state index < -0.39 is 0 Å². The Balaban J connectivity index is 2.12. The number of benzene rings is 1. The Labute approximate surface area is 189 Å². The van der Waals surface area contributed by atoms with Crippen LogP contribution in [0.4, 0.5) is 17.1 Å². The fourth-order valence-electron chi connectivity index (χ4n) is 3.96. The first-order valence-electron chi connectivity index (χ1n) is 11.1. The highest BCUT2D eigenvalue weighted by Gasteiger charge is 2.29. The predicted molar refractivity (Wildman–Crippen MR) is 127 cm³/mol. The Hall–Kier alpha value is -3.16. The van der Waals surface area contributed by atoms with E-state index in [-0.39, 0.29) is 58.0 Å². The fraction of sp³-hybridized carbons (Fsp3) is 0.500. The first-order valence-corrected chi connectivity index (χ1v) is 11.1. The van der Waals surface area contributed by atoms with Gasteiger partial charge < -0.3 is 25.5 Å². The van der Waals surface area contributed by atoms with Crippen molar-refractivity contribution in [3.05, 3.63) is 23.8 Å². The molecule has 32 heavy (non-hydrogen) atoms. The van der Waals surface area contributed by atoms with E-state index in [4.69, 9.17) is 0 Å². The average molecular weight is 443 g/mol. The summed E-state index contributed by atoms with van der Waals surface area (Å²) in [6, 6.07) is 4.77. The van der Waals surface area contributed by atoms with Gasteiger partial charge >= 0.3 is 0 Å². The lowest BCUT2D eigenvalue weighted by Gasteiger charge is -2.24. The molecule has 1 aliphatic carbocycles. The van der Waals surface area contributed by atoms with Crippen LogP contribution in [0.15, 0.2) is 23.2 Å². The third kappa shape index (κ3) is 4.54. The minimum absolute atomic E-state index is 0.0251. The molecule has 0 spiro atoms. The average Bonchev–Trinajstić information content (AvgIpc) is 2.98. The lowest BCUT2D eigenvalue weighted by Crippen LogP contribution is -2.21. The van der Waals surface area contributed by atoms with Crippen molar-refractivity contribution >= 4 is 28.7 Å². The summed E-state index contributed by atoms with van der Waals surface area (Å²) in [5.74, 6) is -0.653. The number of nitrogens with zero attached hydrogens (tertiary/aromatic N) is 3. The molecule has 1 aromatic heterocycles. The van der Waals surface area contributed by atoms with Gasteiger partial charge in [0.15, 0.2) is 11.4 Å². The number of hydrogen-bond donors (Lipinski definition) is 4. The number of phenolic OH excluding ortho intramolecular Hbond substituents is 1. The maximum absolute atomic E-state index is 12.4. The number of aromatic hydroxyl groups is 3. The molecule has 1 fully saturated rings. The zero-order valence-corrected chi connectivity index (χ0v) is 19.5. The summed E-state index contributed by atoms with van der Waals surface area (Å²) in [6.07, 6.45) is 4.93. The number of anilines is 2. The first-order chi connectivity index (χ1) is 15.1. The van der Waals surface area contributed by atoms with Gasteiger partial charge in [-0.05, 0) is 37.8 Å². The van der Waals surface area contributed by atoms with Crippen LogP contribution in [-0.4, -0.2) is 50.5 Å². The maximum atomic E-state index is 12.4. The number of aromatic nitrogens is 1. The largest absolute Gasteiger partial charge is 0.505 e. The summed E-state index contributed by atoms with van der Waals surface area (Å²) in [5, 5.41) is 36.0. The van der Waals surface area contributed by atoms with Gasteiger partial charge in [0.1, 0.15) is 5.69 Å². The van der Waals surface area contributed by atoms with Crippen LogP contribution in [0, 0.1) is 5.92 Å². The van der Waals surface area contributed by atoms with Crippen molar-refractivity contribution in [3.8, 4) is 17.5 Å². The predicted octanol–water partition coefficient (Wildman–Crippen LogP) is 5.30. The van der Waals surface area contributed by atoms with Crippen LogP contribution < -0.4 is 5.32 Å². The highest BCUT2D eigenvalue weighted by Crippen LogP contribution is 2.51. The second-order valence-electron chi connectivity index (χ2n) is 8.97. The minimum atomic E-state index is -0.341. The highest BCUT2D eigenvalue weighted by molar-refractivity contribution is 5.99. The van der Waals surface area contributed by atoms with Crippen LogP contribution in [0.2, 0.25) is 0 Å². The first kappa shape index (κ1) is 23.5. The maximum Gasteiger partial charge on any atom is 0.257 e. The number of rotatable bonds is 6. The lowest BCUT2D eigenvalue weighted by atomic mass is 9.95. The molecule has 3 rings (SSSR count). The van der Waals surface area contributed by atoms with Crippen molar-refractivity contribution in [2.24, 2.45) is 10.9 Å². The Morgan fingerprint density at radius 2 is 1.78 bits per heavy atom. The van der Waals surface area contributed by atoms with Gasteiger partial charge in [-0.25, -0.2) is 4.99 Å². The number of carbonyl (C=O) groups excluding carboxylic acids is 1. The Bertz CT molecular complexity index is 1020. The summed E-state index contributed by atoms with van der Waals surface area (Å²) in [7, 11) is 3.22. The van der Waals surface area contributed by atoms with Crippen molar-refractivity contribution in [1.29, 1.82) is 0 Å². The number of nitrogens with one attached hydrogen (secondary N) is 1. The van der Waals surface area contributed by atoms with Crippen molar-refractivity contribution in [2.45, 2.75) is 58.9 Å². The zero-order chi connectivity index (χ0) is 23.6.